The van der Waals surface area contributed by atoms with Crippen molar-refractivity contribution in [2.24, 2.45) is 0 Å². The number of nitrogens with zero attached hydrogens (tertiary/aromatic N) is 2. The standard InChI is InChI=1S/C14H19N3O2S/c1-2-14(11-15)20(18,19)16-12-5-7-13(8-6-12)17-9-3-4-10-17/h5-8,14,16H,2-4,9-10H2,1H3. The van der Waals surface area contributed by atoms with Crippen LogP contribution in [0.4, 0.5) is 11.4 Å². The van der Waals surface area contributed by atoms with Gasteiger partial charge < -0.3 is 4.90 Å². The van der Waals surface area contributed by atoms with Crippen LogP contribution in [0.1, 0.15) is 26.2 Å². The van der Waals surface area contributed by atoms with E-state index >= 15 is 0 Å². The molecule has 1 aromatic carbocycles. The van der Waals surface area contributed by atoms with Crippen LogP contribution >= 0.6 is 0 Å². The molecular formula is C14H19N3O2S. The molecule has 0 spiro atoms. The lowest BCUT2D eigenvalue weighted by Crippen LogP contribution is -2.26. The van der Waals surface area contributed by atoms with Gasteiger partial charge in [-0.05, 0) is 43.5 Å². The fourth-order valence-corrected chi connectivity index (χ4v) is 3.52. The molecule has 0 aromatic heterocycles. The van der Waals surface area contributed by atoms with E-state index in [9.17, 15) is 8.42 Å². The Bertz CT molecular complexity index is 584. The van der Waals surface area contributed by atoms with E-state index in [1.54, 1.807) is 19.1 Å². The van der Waals surface area contributed by atoms with Gasteiger partial charge in [-0.3, -0.25) is 4.72 Å². The lowest BCUT2D eigenvalue weighted by atomic mass is 10.2. The van der Waals surface area contributed by atoms with E-state index in [1.165, 1.54) is 12.8 Å². The molecule has 1 unspecified atom stereocenters. The molecule has 1 aliphatic rings. The van der Waals surface area contributed by atoms with Crippen LogP contribution in [-0.4, -0.2) is 26.8 Å². The summed E-state index contributed by atoms with van der Waals surface area (Å²) in [6.07, 6.45) is 2.68. The summed E-state index contributed by atoms with van der Waals surface area (Å²) in [6.45, 7) is 3.79. The van der Waals surface area contributed by atoms with Crippen molar-refractivity contribution in [3.63, 3.8) is 0 Å². The van der Waals surface area contributed by atoms with E-state index in [1.807, 2.05) is 18.2 Å². The van der Waals surface area contributed by atoms with Gasteiger partial charge >= 0.3 is 0 Å². The number of anilines is 2. The minimum absolute atomic E-state index is 0.275. The Kier molecular flexibility index (Phi) is 4.50. The van der Waals surface area contributed by atoms with Crippen LogP contribution in [0, 0.1) is 11.3 Å². The first-order chi connectivity index (χ1) is 9.56. The van der Waals surface area contributed by atoms with Gasteiger partial charge in [-0.25, -0.2) is 8.42 Å². The smallest absolute Gasteiger partial charge is 0.249 e. The third kappa shape index (κ3) is 3.23. The van der Waals surface area contributed by atoms with E-state index < -0.39 is 15.3 Å². The summed E-state index contributed by atoms with van der Waals surface area (Å²) in [7, 11) is -3.63. The van der Waals surface area contributed by atoms with E-state index in [-0.39, 0.29) is 6.42 Å². The van der Waals surface area contributed by atoms with E-state index in [0.29, 0.717) is 5.69 Å². The van der Waals surface area contributed by atoms with Crippen LogP contribution in [0.15, 0.2) is 24.3 Å². The highest BCUT2D eigenvalue weighted by molar-refractivity contribution is 7.93. The highest BCUT2D eigenvalue weighted by atomic mass is 32.2. The number of sulfonamides is 1. The molecule has 0 bridgehead atoms. The maximum Gasteiger partial charge on any atom is 0.249 e. The van der Waals surface area contributed by atoms with Crippen LogP contribution in [0.25, 0.3) is 0 Å². The molecule has 2 rings (SSSR count). The maximum atomic E-state index is 12.0. The summed E-state index contributed by atoms with van der Waals surface area (Å²) >= 11 is 0. The number of nitrogens with one attached hydrogen (secondary N) is 1. The SMILES string of the molecule is CCC(C#N)S(=O)(=O)Nc1ccc(N2CCCC2)cc1. The molecule has 108 valence electrons. The summed E-state index contributed by atoms with van der Waals surface area (Å²) in [4.78, 5) is 2.28. The number of hydrogen-bond donors (Lipinski definition) is 1. The quantitative estimate of drug-likeness (QED) is 0.904. The summed E-state index contributed by atoms with van der Waals surface area (Å²) in [5, 5.41) is 7.84. The summed E-state index contributed by atoms with van der Waals surface area (Å²) < 4.78 is 26.4. The van der Waals surface area contributed by atoms with Crippen LogP contribution in [0.3, 0.4) is 0 Å². The van der Waals surface area contributed by atoms with Gasteiger partial charge in [0.05, 0.1) is 6.07 Å². The normalized spacial score (nSPS) is 16.7. The lowest BCUT2D eigenvalue weighted by molar-refractivity contribution is 0.593. The first-order valence-corrected chi connectivity index (χ1v) is 8.37. The third-order valence-electron chi connectivity index (χ3n) is 3.49. The summed E-state index contributed by atoms with van der Waals surface area (Å²) in [5.41, 5.74) is 1.61. The first-order valence-electron chi connectivity index (χ1n) is 6.83. The molecule has 0 radical (unpaired) electrons. The Morgan fingerprint density at radius 1 is 1.30 bits per heavy atom. The monoisotopic (exact) mass is 293 g/mol. The van der Waals surface area contributed by atoms with E-state index in [2.05, 4.69) is 9.62 Å². The minimum Gasteiger partial charge on any atom is -0.372 e. The Morgan fingerprint density at radius 3 is 2.40 bits per heavy atom. The molecule has 20 heavy (non-hydrogen) atoms. The van der Waals surface area contributed by atoms with Crippen molar-refractivity contribution in [1.82, 2.24) is 0 Å². The second kappa shape index (κ2) is 6.14. The Labute approximate surface area is 120 Å². The Morgan fingerprint density at radius 2 is 1.90 bits per heavy atom. The van der Waals surface area contributed by atoms with Crippen molar-refractivity contribution in [3.05, 3.63) is 24.3 Å². The molecule has 1 aliphatic heterocycles. The van der Waals surface area contributed by atoms with Gasteiger partial charge in [-0.15, -0.1) is 0 Å². The molecule has 1 fully saturated rings. The second-order valence-corrected chi connectivity index (χ2v) is 6.78. The van der Waals surface area contributed by atoms with Gasteiger partial charge in [0.2, 0.25) is 10.0 Å². The van der Waals surface area contributed by atoms with Crippen molar-refractivity contribution in [1.29, 1.82) is 5.26 Å². The molecule has 1 N–H and O–H groups in total. The van der Waals surface area contributed by atoms with Gasteiger partial charge in [-0.1, -0.05) is 6.92 Å². The van der Waals surface area contributed by atoms with Gasteiger partial charge in [0.25, 0.3) is 0 Å². The number of benzene rings is 1. The molecular weight excluding hydrogens is 274 g/mol. The Balaban J connectivity index is 2.09. The fourth-order valence-electron chi connectivity index (χ4n) is 2.33. The molecule has 0 saturated carbocycles. The fraction of sp³-hybridized carbons (Fsp3) is 0.500. The van der Waals surface area contributed by atoms with Crippen LogP contribution in [-0.2, 0) is 10.0 Å². The van der Waals surface area contributed by atoms with Crippen molar-refractivity contribution in [3.8, 4) is 6.07 Å². The zero-order valence-corrected chi connectivity index (χ0v) is 12.4. The van der Waals surface area contributed by atoms with Crippen LogP contribution in [0.2, 0.25) is 0 Å². The Hall–Kier alpha value is -1.74. The van der Waals surface area contributed by atoms with Crippen LogP contribution in [0.5, 0.6) is 0 Å². The molecule has 6 heteroatoms. The average molecular weight is 293 g/mol. The second-order valence-electron chi connectivity index (χ2n) is 4.91. The van der Waals surface area contributed by atoms with Crippen molar-refractivity contribution >= 4 is 21.4 Å². The highest BCUT2D eigenvalue weighted by Crippen LogP contribution is 2.23. The zero-order chi connectivity index (χ0) is 14.6. The highest BCUT2D eigenvalue weighted by Gasteiger charge is 2.23. The topological polar surface area (TPSA) is 73.2 Å². The molecule has 0 amide bonds. The molecule has 1 saturated heterocycles. The van der Waals surface area contributed by atoms with Gasteiger partial charge in [0.1, 0.15) is 0 Å². The lowest BCUT2D eigenvalue weighted by Gasteiger charge is -2.18. The first kappa shape index (κ1) is 14.7. The predicted molar refractivity (Wildman–Crippen MR) is 80.1 cm³/mol. The molecule has 1 aromatic rings. The number of nitriles is 1. The molecule has 5 nitrogen and oxygen atoms in total. The summed E-state index contributed by atoms with van der Waals surface area (Å²) in [5.74, 6) is 0. The van der Waals surface area contributed by atoms with Gasteiger partial charge in [0.15, 0.2) is 5.25 Å². The third-order valence-corrected chi connectivity index (χ3v) is 5.20. The van der Waals surface area contributed by atoms with E-state index in [4.69, 9.17) is 5.26 Å². The minimum atomic E-state index is -3.63. The predicted octanol–water partition coefficient (Wildman–Crippen LogP) is 2.33. The van der Waals surface area contributed by atoms with E-state index in [0.717, 1.165) is 18.8 Å². The van der Waals surface area contributed by atoms with Crippen LogP contribution < -0.4 is 9.62 Å². The number of hydrogen-bond acceptors (Lipinski definition) is 4. The number of rotatable bonds is 5. The van der Waals surface area contributed by atoms with Gasteiger partial charge in [0, 0.05) is 24.5 Å². The molecule has 1 atom stereocenters. The largest absolute Gasteiger partial charge is 0.372 e. The zero-order valence-electron chi connectivity index (χ0n) is 11.5. The maximum absolute atomic E-state index is 12.0. The summed E-state index contributed by atoms with van der Waals surface area (Å²) in [6, 6.07) is 9.13. The van der Waals surface area contributed by atoms with Crippen molar-refractivity contribution in [2.45, 2.75) is 31.4 Å². The van der Waals surface area contributed by atoms with Gasteiger partial charge in [-0.2, -0.15) is 5.26 Å². The molecule has 0 aliphatic carbocycles. The molecule has 1 heterocycles. The van der Waals surface area contributed by atoms with Crippen molar-refractivity contribution < 1.29 is 8.42 Å². The average Bonchev–Trinajstić information content (AvgIpc) is 2.94. The van der Waals surface area contributed by atoms with Crippen molar-refractivity contribution in [2.75, 3.05) is 22.7 Å².